The van der Waals surface area contributed by atoms with E-state index in [1.165, 1.54) is 30.6 Å². The molecule has 100 valence electrons. The Morgan fingerprint density at radius 3 is 3.05 bits per heavy atom. The number of rotatable bonds is 2. The lowest BCUT2D eigenvalue weighted by Gasteiger charge is -2.26. The number of hydrogen-bond donors (Lipinski definition) is 0. The maximum Gasteiger partial charge on any atom is 0.102 e. The molecule has 0 saturated heterocycles. The Hall–Kier alpha value is -0.610. The highest BCUT2D eigenvalue weighted by Crippen LogP contribution is 2.38. The van der Waals surface area contributed by atoms with Gasteiger partial charge < -0.3 is 0 Å². The van der Waals surface area contributed by atoms with Gasteiger partial charge in [-0.05, 0) is 46.8 Å². The predicted molar refractivity (Wildman–Crippen MR) is 84.5 cm³/mol. The minimum Gasteiger partial charge on any atom is -0.254 e. The zero-order valence-electron chi connectivity index (χ0n) is 11.0. The van der Waals surface area contributed by atoms with Gasteiger partial charge in [0.05, 0.1) is 5.52 Å². The van der Waals surface area contributed by atoms with E-state index in [9.17, 15) is 0 Å². The van der Waals surface area contributed by atoms with Gasteiger partial charge in [0.2, 0.25) is 0 Å². The number of aromatic nitrogens is 2. The molecule has 2 heterocycles. The van der Waals surface area contributed by atoms with Crippen molar-refractivity contribution in [2.45, 2.75) is 42.8 Å². The standard InChI is InChI=1S/C15H17BrN2S/c1-10-3-2-4-12(7-10)19-14-5-6-17-13-8-11(16)9-18-15(13)14/h5-6,8-10,12H,2-4,7H2,1H3. The molecule has 1 saturated carbocycles. The van der Waals surface area contributed by atoms with E-state index < -0.39 is 0 Å². The summed E-state index contributed by atoms with van der Waals surface area (Å²) in [5, 5.41) is 0.736. The maximum atomic E-state index is 4.54. The van der Waals surface area contributed by atoms with Crippen molar-refractivity contribution < 1.29 is 0 Å². The molecule has 2 aromatic rings. The SMILES string of the molecule is CC1CCCC(Sc2ccnc3cc(Br)cnc23)C1. The van der Waals surface area contributed by atoms with Gasteiger partial charge >= 0.3 is 0 Å². The average molecular weight is 337 g/mol. The average Bonchev–Trinajstić information content (AvgIpc) is 2.38. The molecule has 1 aliphatic rings. The quantitative estimate of drug-likeness (QED) is 0.766. The minimum absolute atomic E-state index is 0.736. The van der Waals surface area contributed by atoms with Crippen LogP contribution >= 0.6 is 27.7 Å². The molecular formula is C15H17BrN2S. The summed E-state index contributed by atoms with van der Waals surface area (Å²) in [6.07, 6.45) is 9.16. The summed E-state index contributed by atoms with van der Waals surface area (Å²) < 4.78 is 0.987. The highest BCUT2D eigenvalue weighted by atomic mass is 79.9. The number of thioether (sulfide) groups is 1. The van der Waals surface area contributed by atoms with Gasteiger partial charge in [0.25, 0.3) is 0 Å². The fraction of sp³-hybridized carbons (Fsp3) is 0.467. The Morgan fingerprint density at radius 2 is 2.21 bits per heavy atom. The fourth-order valence-corrected chi connectivity index (χ4v) is 4.54. The van der Waals surface area contributed by atoms with Gasteiger partial charge in [-0.15, -0.1) is 11.8 Å². The molecule has 0 spiro atoms. The summed E-state index contributed by atoms with van der Waals surface area (Å²) in [5.41, 5.74) is 2.01. The predicted octanol–water partition coefficient (Wildman–Crippen LogP) is 5.06. The van der Waals surface area contributed by atoms with Crippen LogP contribution in [0.4, 0.5) is 0 Å². The lowest BCUT2D eigenvalue weighted by molar-refractivity contribution is 0.394. The molecule has 0 N–H and O–H groups in total. The van der Waals surface area contributed by atoms with Crippen LogP contribution in [0.3, 0.4) is 0 Å². The first-order valence-electron chi connectivity index (χ1n) is 6.79. The van der Waals surface area contributed by atoms with E-state index in [2.05, 4.69) is 38.9 Å². The molecule has 2 aromatic heterocycles. The Balaban J connectivity index is 1.88. The zero-order valence-corrected chi connectivity index (χ0v) is 13.4. The Labute approximate surface area is 126 Å². The van der Waals surface area contributed by atoms with Crippen molar-refractivity contribution in [2.24, 2.45) is 5.92 Å². The highest BCUT2D eigenvalue weighted by Gasteiger charge is 2.20. The van der Waals surface area contributed by atoms with Crippen LogP contribution < -0.4 is 0 Å². The van der Waals surface area contributed by atoms with Crippen LogP contribution in [0.25, 0.3) is 11.0 Å². The second-order valence-corrected chi connectivity index (χ2v) is 7.60. The van der Waals surface area contributed by atoms with Crippen LogP contribution in [-0.2, 0) is 0 Å². The first kappa shape index (κ1) is 13.4. The van der Waals surface area contributed by atoms with Crippen LogP contribution in [0.5, 0.6) is 0 Å². The number of hydrogen-bond acceptors (Lipinski definition) is 3. The molecule has 19 heavy (non-hydrogen) atoms. The molecule has 4 heteroatoms. The van der Waals surface area contributed by atoms with E-state index in [4.69, 9.17) is 0 Å². The second kappa shape index (κ2) is 5.80. The van der Waals surface area contributed by atoms with Crippen LogP contribution in [-0.4, -0.2) is 15.2 Å². The largest absolute Gasteiger partial charge is 0.254 e. The van der Waals surface area contributed by atoms with Crippen LogP contribution in [0.1, 0.15) is 32.6 Å². The third-order valence-corrected chi connectivity index (χ3v) is 5.47. The minimum atomic E-state index is 0.736. The lowest BCUT2D eigenvalue weighted by atomic mass is 9.91. The van der Waals surface area contributed by atoms with Gasteiger partial charge in [0.1, 0.15) is 5.52 Å². The smallest absolute Gasteiger partial charge is 0.102 e. The topological polar surface area (TPSA) is 25.8 Å². The van der Waals surface area contributed by atoms with Gasteiger partial charge in [0.15, 0.2) is 0 Å². The monoisotopic (exact) mass is 336 g/mol. The van der Waals surface area contributed by atoms with Crippen LogP contribution in [0.15, 0.2) is 33.9 Å². The zero-order chi connectivity index (χ0) is 13.2. The first-order chi connectivity index (χ1) is 9.22. The van der Waals surface area contributed by atoms with Crippen molar-refractivity contribution in [2.75, 3.05) is 0 Å². The first-order valence-corrected chi connectivity index (χ1v) is 8.46. The summed E-state index contributed by atoms with van der Waals surface area (Å²) in [5.74, 6) is 0.862. The summed E-state index contributed by atoms with van der Waals surface area (Å²) in [6.45, 7) is 2.37. The molecule has 0 amide bonds. The number of fused-ring (bicyclic) bond motifs is 1. The molecule has 2 unspecified atom stereocenters. The Morgan fingerprint density at radius 1 is 1.32 bits per heavy atom. The van der Waals surface area contributed by atoms with Gasteiger partial charge in [0, 0.05) is 27.0 Å². The Kier molecular flexibility index (Phi) is 4.08. The lowest BCUT2D eigenvalue weighted by Crippen LogP contribution is -2.14. The molecule has 1 aliphatic carbocycles. The highest BCUT2D eigenvalue weighted by molar-refractivity contribution is 9.10. The third kappa shape index (κ3) is 3.11. The van der Waals surface area contributed by atoms with Crippen molar-refractivity contribution >= 4 is 38.7 Å². The third-order valence-electron chi connectivity index (χ3n) is 3.69. The fourth-order valence-electron chi connectivity index (χ4n) is 2.74. The van der Waals surface area contributed by atoms with E-state index in [0.29, 0.717) is 0 Å². The molecule has 0 aliphatic heterocycles. The van der Waals surface area contributed by atoms with Crippen LogP contribution in [0.2, 0.25) is 0 Å². The normalized spacial score (nSPS) is 23.7. The van der Waals surface area contributed by atoms with Crippen molar-refractivity contribution in [1.29, 1.82) is 0 Å². The van der Waals surface area contributed by atoms with E-state index in [0.717, 1.165) is 26.7 Å². The van der Waals surface area contributed by atoms with Crippen molar-refractivity contribution in [3.8, 4) is 0 Å². The molecule has 0 radical (unpaired) electrons. The van der Waals surface area contributed by atoms with Gasteiger partial charge in [-0.1, -0.05) is 19.8 Å². The number of halogens is 1. The molecular weight excluding hydrogens is 320 g/mol. The van der Waals surface area contributed by atoms with Gasteiger partial charge in [-0.25, -0.2) is 0 Å². The van der Waals surface area contributed by atoms with Crippen LogP contribution in [0, 0.1) is 5.92 Å². The second-order valence-electron chi connectivity index (χ2n) is 5.34. The summed E-state index contributed by atoms with van der Waals surface area (Å²) in [7, 11) is 0. The van der Waals surface area contributed by atoms with E-state index in [1.807, 2.05) is 30.2 Å². The van der Waals surface area contributed by atoms with Gasteiger partial charge in [-0.2, -0.15) is 0 Å². The summed E-state index contributed by atoms with van der Waals surface area (Å²) >= 11 is 5.44. The maximum absolute atomic E-state index is 4.54. The summed E-state index contributed by atoms with van der Waals surface area (Å²) in [6, 6.07) is 4.14. The molecule has 0 aromatic carbocycles. The van der Waals surface area contributed by atoms with Crippen molar-refractivity contribution in [1.82, 2.24) is 9.97 Å². The van der Waals surface area contributed by atoms with E-state index in [-0.39, 0.29) is 0 Å². The molecule has 2 atom stereocenters. The van der Waals surface area contributed by atoms with Gasteiger partial charge in [-0.3, -0.25) is 9.97 Å². The summed E-state index contributed by atoms with van der Waals surface area (Å²) in [4.78, 5) is 10.2. The molecule has 3 rings (SSSR count). The molecule has 1 fully saturated rings. The number of nitrogens with zero attached hydrogens (tertiary/aromatic N) is 2. The molecule has 2 nitrogen and oxygen atoms in total. The Bertz CT molecular complexity index is 587. The number of pyridine rings is 2. The molecule has 0 bridgehead atoms. The van der Waals surface area contributed by atoms with Crippen molar-refractivity contribution in [3.05, 3.63) is 29.0 Å². The van der Waals surface area contributed by atoms with Crippen molar-refractivity contribution in [3.63, 3.8) is 0 Å². The van der Waals surface area contributed by atoms with E-state index in [1.54, 1.807) is 0 Å². The van der Waals surface area contributed by atoms with E-state index >= 15 is 0 Å².